The average molecular weight is 272 g/mol. The molecule has 1 aliphatic heterocycles. The molecule has 2 atom stereocenters. The minimum atomic E-state index is -1.14. The van der Waals surface area contributed by atoms with Crippen LogP contribution in [0.15, 0.2) is 0 Å². The number of carbonyl (C=O) groups is 3. The number of amides is 1. The number of carboxylic acids is 1. The van der Waals surface area contributed by atoms with Gasteiger partial charge < -0.3 is 20.5 Å². The molecule has 108 valence electrons. The highest BCUT2D eigenvalue weighted by Gasteiger charge is 2.24. The van der Waals surface area contributed by atoms with Crippen LogP contribution in [0.2, 0.25) is 0 Å². The van der Waals surface area contributed by atoms with Crippen molar-refractivity contribution in [2.45, 2.75) is 31.7 Å². The lowest BCUT2D eigenvalue weighted by Crippen LogP contribution is -2.41. The van der Waals surface area contributed by atoms with Crippen LogP contribution in [0.1, 0.15) is 25.7 Å². The number of carboxylic acid groups (broad SMARTS) is 1. The Morgan fingerprint density at radius 1 is 1.47 bits per heavy atom. The lowest BCUT2D eigenvalue weighted by atomic mass is 10.0. The van der Waals surface area contributed by atoms with E-state index in [4.69, 9.17) is 5.11 Å². The van der Waals surface area contributed by atoms with Crippen molar-refractivity contribution < 1.29 is 24.2 Å². The molecular weight excluding hydrogens is 252 g/mol. The van der Waals surface area contributed by atoms with Gasteiger partial charge in [-0.3, -0.25) is 9.59 Å². The van der Waals surface area contributed by atoms with Gasteiger partial charge in [0.1, 0.15) is 6.04 Å². The van der Waals surface area contributed by atoms with Crippen LogP contribution in [0.5, 0.6) is 0 Å². The van der Waals surface area contributed by atoms with Crippen LogP contribution in [0.4, 0.5) is 0 Å². The predicted octanol–water partition coefficient (Wildman–Crippen LogP) is -0.491. The van der Waals surface area contributed by atoms with E-state index in [9.17, 15) is 14.4 Å². The maximum absolute atomic E-state index is 11.7. The molecule has 19 heavy (non-hydrogen) atoms. The first-order valence-corrected chi connectivity index (χ1v) is 6.32. The number of esters is 1. The zero-order valence-corrected chi connectivity index (χ0v) is 11.0. The summed E-state index contributed by atoms with van der Waals surface area (Å²) in [4.78, 5) is 33.7. The zero-order valence-electron chi connectivity index (χ0n) is 11.0. The number of ether oxygens (including phenoxy) is 1. The molecule has 0 saturated carbocycles. The van der Waals surface area contributed by atoms with E-state index < -0.39 is 18.0 Å². The fourth-order valence-corrected chi connectivity index (χ4v) is 2.03. The van der Waals surface area contributed by atoms with Crippen LogP contribution in [-0.4, -0.2) is 49.2 Å². The van der Waals surface area contributed by atoms with Gasteiger partial charge in [0.25, 0.3) is 0 Å². The molecule has 0 bridgehead atoms. The number of methoxy groups -OCH3 is 1. The van der Waals surface area contributed by atoms with Crippen molar-refractivity contribution in [3.8, 4) is 0 Å². The van der Waals surface area contributed by atoms with E-state index in [0.29, 0.717) is 6.42 Å². The lowest BCUT2D eigenvalue weighted by Gasteiger charge is -2.15. The maximum atomic E-state index is 11.7. The second-order valence-corrected chi connectivity index (χ2v) is 4.64. The largest absolute Gasteiger partial charge is 0.480 e. The van der Waals surface area contributed by atoms with Gasteiger partial charge >= 0.3 is 11.9 Å². The van der Waals surface area contributed by atoms with Crippen LogP contribution in [0, 0.1) is 5.92 Å². The molecule has 0 aromatic carbocycles. The lowest BCUT2D eigenvalue weighted by molar-refractivity contribution is -0.144. The third-order valence-corrected chi connectivity index (χ3v) is 3.13. The topological polar surface area (TPSA) is 105 Å². The highest BCUT2D eigenvalue weighted by Crippen LogP contribution is 2.12. The van der Waals surface area contributed by atoms with Gasteiger partial charge in [-0.15, -0.1) is 0 Å². The minimum Gasteiger partial charge on any atom is -0.480 e. The summed E-state index contributed by atoms with van der Waals surface area (Å²) in [5, 5.41) is 14.6. The van der Waals surface area contributed by atoms with Gasteiger partial charge in [0.05, 0.1) is 7.11 Å². The summed E-state index contributed by atoms with van der Waals surface area (Å²) in [7, 11) is 1.24. The fraction of sp³-hybridized carbons (Fsp3) is 0.750. The van der Waals surface area contributed by atoms with Crippen molar-refractivity contribution in [3.63, 3.8) is 0 Å². The molecule has 1 unspecified atom stereocenters. The first-order valence-electron chi connectivity index (χ1n) is 6.32. The Hall–Kier alpha value is -1.63. The van der Waals surface area contributed by atoms with Gasteiger partial charge in [0.2, 0.25) is 5.91 Å². The summed E-state index contributed by atoms with van der Waals surface area (Å²) in [5.41, 5.74) is 0. The van der Waals surface area contributed by atoms with E-state index in [1.54, 1.807) is 0 Å². The van der Waals surface area contributed by atoms with E-state index >= 15 is 0 Å². The molecular formula is C12H20N2O5. The molecule has 0 aromatic rings. The Morgan fingerprint density at radius 2 is 2.21 bits per heavy atom. The maximum Gasteiger partial charge on any atom is 0.326 e. The quantitative estimate of drug-likeness (QED) is 0.540. The van der Waals surface area contributed by atoms with Crippen molar-refractivity contribution in [3.05, 3.63) is 0 Å². The Labute approximate surface area is 111 Å². The molecule has 0 aromatic heterocycles. The number of nitrogens with one attached hydrogen (secondary N) is 2. The van der Waals surface area contributed by atoms with Gasteiger partial charge in [0.15, 0.2) is 0 Å². The highest BCUT2D eigenvalue weighted by molar-refractivity contribution is 5.84. The van der Waals surface area contributed by atoms with E-state index in [0.717, 1.165) is 19.5 Å². The second kappa shape index (κ2) is 7.73. The van der Waals surface area contributed by atoms with E-state index in [2.05, 4.69) is 15.4 Å². The third-order valence-electron chi connectivity index (χ3n) is 3.13. The van der Waals surface area contributed by atoms with Gasteiger partial charge in [-0.25, -0.2) is 4.79 Å². The van der Waals surface area contributed by atoms with Crippen LogP contribution in [-0.2, 0) is 19.1 Å². The first-order chi connectivity index (χ1) is 9.02. The molecule has 1 aliphatic rings. The summed E-state index contributed by atoms with van der Waals surface area (Å²) < 4.78 is 4.44. The molecule has 1 heterocycles. The van der Waals surface area contributed by atoms with Crippen molar-refractivity contribution in [1.82, 2.24) is 10.6 Å². The summed E-state index contributed by atoms with van der Waals surface area (Å²) in [5.74, 6) is -1.65. The standard InChI is InChI=1S/C12H20N2O5/c1-19-11(16)3-2-9(12(17)18)14-10(15)6-8-4-5-13-7-8/h8-9,13H,2-7H2,1H3,(H,14,15)(H,17,18)/t8?,9-/m0/s1. The smallest absolute Gasteiger partial charge is 0.326 e. The molecule has 0 radical (unpaired) electrons. The normalized spacial score (nSPS) is 19.7. The molecule has 3 N–H and O–H groups in total. The van der Waals surface area contributed by atoms with Gasteiger partial charge in [0, 0.05) is 12.8 Å². The van der Waals surface area contributed by atoms with Gasteiger partial charge in [-0.2, -0.15) is 0 Å². The van der Waals surface area contributed by atoms with Crippen molar-refractivity contribution in [2.24, 2.45) is 5.92 Å². The number of aliphatic carboxylic acids is 1. The van der Waals surface area contributed by atoms with Gasteiger partial charge in [-0.1, -0.05) is 0 Å². The molecule has 0 spiro atoms. The van der Waals surface area contributed by atoms with Gasteiger partial charge in [-0.05, 0) is 31.8 Å². The summed E-state index contributed by atoms with van der Waals surface area (Å²) >= 11 is 0. The Balaban J connectivity index is 2.36. The number of rotatable bonds is 7. The minimum absolute atomic E-state index is 0.0290. The van der Waals surface area contributed by atoms with E-state index in [1.165, 1.54) is 7.11 Å². The molecule has 1 amide bonds. The SMILES string of the molecule is COC(=O)CC[C@H](NC(=O)CC1CCNC1)C(=O)O. The number of carbonyl (C=O) groups excluding carboxylic acids is 2. The zero-order chi connectivity index (χ0) is 14.3. The summed E-state index contributed by atoms with van der Waals surface area (Å²) in [6, 6.07) is -1.04. The first kappa shape index (κ1) is 15.4. The molecule has 0 aliphatic carbocycles. The fourth-order valence-electron chi connectivity index (χ4n) is 2.03. The van der Waals surface area contributed by atoms with Crippen LogP contribution >= 0.6 is 0 Å². The number of hydrogen-bond donors (Lipinski definition) is 3. The van der Waals surface area contributed by atoms with Crippen LogP contribution in [0.3, 0.4) is 0 Å². The molecule has 7 heteroatoms. The van der Waals surface area contributed by atoms with E-state index in [-0.39, 0.29) is 24.7 Å². The monoisotopic (exact) mass is 272 g/mol. The molecule has 7 nitrogen and oxygen atoms in total. The third kappa shape index (κ3) is 5.69. The Morgan fingerprint density at radius 3 is 2.74 bits per heavy atom. The van der Waals surface area contributed by atoms with Crippen molar-refractivity contribution in [1.29, 1.82) is 0 Å². The highest BCUT2D eigenvalue weighted by atomic mass is 16.5. The van der Waals surface area contributed by atoms with Crippen LogP contribution < -0.4 is 10.6 Å². The second-order valence-electron chi connectivity index (χ2n) is 4.64. The molecule has 1 saturated heterocycles. The summed E-state index contributed by atoms with van der Waals surface area (Å²) in [6.45, 7) is 1.68. The van der Waals surface area contributed by atoms with Crippen molar-refractivity contribution in [2.75, 3.05) is 20.2 Å². The van der Waals surface area contributed by atoms with Crippen LogP contribution in [0.25, 0.3) is 0 Å². The average Bonchev–Trinajstić information content (AvgIpc) is 2.86. The number of hydrogen-bond acceptors (Lipinski definition) is 5. The predicted molar refractivity (Wildman–Crippen MR) is 66.4 cm³/mol. The Bertz CT molecular complexity index is 339. The molecule has 1 fully saturated rings. The summed E-state index contributed by atoms with van der Waals surface area (Å²) in [6.07, 6.45) is 1.25. The van der Waals surface area contributed by atoms with E-state index in [1.807, 2.05) is 0 Å². The molecule has 1 rings (SSSR count). The Kier molecular flexibility index (Phi) is 6.27. The van der Waals surface area contributed by atoms with Crippen molar-refractivity contribution >= 4 is 17.8 Å².